The van der Waals surface area contributed by atoms with E-state index in [1.165, 1.54) is 0 Å². The lowest BCUT2D eigenvalue weighted by Crippen LogP contribution is -1.98. The minimum atomic E-state index is 0.149. The zero-order valence-corrected chi connectivity index (χ0v) is 10.00. The van der Waals surface area contributed by atoms with Gasteiger partial charge in [-0.05, 0) is 26.0 Å². The highest BCUT2D eigenvalue weighted by Gasteiger charge is 2.04. The highest BCUT2D eigenvalue weighted by Crippen LogP contribution is 2.25. The Bertz CT molecular complexity index is 492. The molecule has 2 rings (SSSR count). The van der Waals surface area contributed by atoms with Crippen LogP contribution < -0.4 is 4.74 Å². The molecular formula is C13H16N2O2. The summed E-state index contributed by atoms with van der Waals surface area (Å²) in [7, 11) is 0. The molecule has 2 aromatic rings. The Labute approximate surface area is 100 Å². The van der Waals surface area contributed by atoms with E-state index >= 15 is 0 Å². The molecular weight excluding hydrogens is 216 g/mol. The Morgan fingerprint density at radius 3 is 2.76 bits per heavy atom. The molecule has 90 valence electrons. The molecule has 0 amide bonds. The first-order valence-electron chi connectivity index (χ1n) is 5.60. The average molecular weight is 232 g/mol. The summed E-state index contributed by atoms with van der Waals surface area (Å²) in [4.78, 5) is 4.24. The smallest absolute Gasteiger partial charge is 0.161 e. The number of hydrogen-bond acceptors (Lipinski definition) is 3. The van der Waals surface area contributed by atoms with Gasteiger partial charge in [0.05, 0.1) is 12.0 Å². The number of aromatic nitrogens is 2. The van der Waals surface area contributed by atoms with Gasteiger partial charge in [-0.1, -0.05) is 12.1 Å². The number of rotatable bonds is 4. The van der Waals surface area contributed by atoms with Gasteiger partial charge in [0.15, 0.2) is 11.5 Å². The van der Waals surface area contributed by atoms with Crippen molar-refractivity contribution in [3.8, 4) is 11.5 Å². The molecule has 0 radical (unpaired) electrons. The second-order valence-electron chi connectivity index (χ2n) is 4.16. The maximum absolute atomic E-state index is 9.53. The van der Waals surface area contributed by atoms with Gasteiger partial charge in [0.2, 0.25) is 0 Å². The van der Waals surface area contributed by atoms with E-state index in [1.54, 1.807) is 24.5 Å². The lowest BCUT2D eigenvalue weighted by atomic mass is 10.3. The van der Waals surface area contributed by atoms with Crippen molar-refractivity contribution in [2.45, 2.75) is 26.5 Å². The van der Waals surface area contributed by atoms with Crippen LogP contribution in [-0.2, 0) is 6.61 Å². The Morgan fingerprint density at radius 2 is 2.12 bits per heavy atom. The van der Waals surface area contributed by atoms with Gasteiger partial charge in [0.1, 0.15) is 6.61 Å². The van der Waals surface area contributed by atoms with Crippen LogP contribution in [0.4, 0.5) is 0 Å². The van der Waals surface area contributed by atoms with Gasteiger partial charge in [-0.2, -0.15) is 0 Å². The Morgan fingerprint density at radius 1 is 1.35 bits per heavy atom. The first-order chi connectivity index (χ1) is 8.16. The molecule has 0 spiro atoms. The first kappa shape index (κ1) is 11.5. The van der Waals surface area contributed by atoms with Gasteiger partial charge in [-0.25, -0.2) is 4.98 Å². The molecule has 0 bridgehead atoms. The van der Waals surface area contributed by atoms with Crippen molar-refractivity contribution in [2.24, 2.45) is 0 Å². The molecule has 0 aliphatic heterocycles. The van der Waals surface area contributed by atoms with Crippen molar-refractivity contribution in [1.82, 2.24) is 9.55 Å². The van der Waals surface area contributed by atoms with Gasteiger partial charge < -0.3 is 14.4 Å². The molecule has 0 saturated heterocycles. The van der Waals surface area contributed by atoms with E-state index in [0.29, 0.717) is 18.4 Å². The van der Waals surface area contributed by atoms with Gasteiger partial charge in [0.25, 0.3) is 0 Å². The zero-order valence-electron chi connectivity index (χ0n) is 10.00. The lowest BCUT2D eigenvalue weighted by Gasteiger charge is -2.06. The monoisotopic (exact) mass is 232 g/mol. The van der Waals surface area contributed by atoms with Crippen LogP contribution in [0.1, 0.15) is 25.6 Å². The van der Waals surface area contributed by atoms with Crippen LogP contribution >= 0.6 is 0 Å². The summed E-state index contributed by atoms with van der Waals surface area (Å²) in [6, 6.07) is 7.30. The van der Waals surface area contributed by atoms with Gasteiger partial charge in [-0.15, -0.1) is 0 Å². The highest BCUT2D eigenvalue weighted by atomic mass is 16.5. The SMILES string of the molecule is CC(C)n1cnc(COc2ccccc2O)c1. The van der Waals surface area contributed by atoms with Crippen LogP contribution in [0.2, 0.25) is 0 Å². The predicted octanol–water partition coefficient (Wildman–Crippen LogP) is 2.75. The molecule has 1 heterocycles. The summed E-state index contributed by atoms with van der Waals surface area (Å²) in [6.45, 7) is 4.54. The van der Waals surface area contributed by atoms with Crippen molar-refractivity contribution in [2.75, 3.05) is 0 Å². The number of ether oxygens (including phenoxy) is 1. The van der Waals surface area contributed by atoms with Crippen molar-refractivity contribution in [3.63, 3.8) is 0 Å². The topological polar surface area (TPSA) is 47.3 Å². The van der Waals surface area contributed by atoms with Crippen molar-refractivity contribution in [3.05, 3.63) is 42.5 Å². The summed E-state index contributed by atoms with van der Waals surface area (Å²) in [5.41, 5.74) is 0.849. The van der Waals surface area contributed by atoms with E-state index in [9.17, 15) is 5.11 Å². The number of benzene rings is 1. The van der Waals surface area contributed by atoms with E-state index in [-0.39, 0.29) is 5.75 Å². The molecule has 1 aromatic heterocycles. The number of para-hydroxylation sites is 2. The van der Waals surface area contributed by atoms with Gasteiger partial charge in [0, 0.05) is 12.2 Å². The van der Waals surface area contributed by atoms with Crippen LogP contribution in [0.3, 0.4) is 0 Å². The Hall–Kier alpha value is -1.97. The van der Waals surface area contributed by atoms with E-state index < -0.39 is 0 Å². The average Bonchev–Trinajstić information content (AvgIpc) is 2.77. The molecule has 4 nitrogen and oxygen atoms in total. The van der Waals surface area contributed by atoms with Crippen LogP contribution in [0.15, 0.2) is 36.8 Å². The summed E-state index contributed by atoms with van der Waals surface area (Å²) < 4.78 is 7.51. The molecule has 0 unspecified atom stereocenters. The van der Waals surface area contributed by atoms with E-state index in [2.05, 4.69) is 18.8 Å². The molecule has 17 heavy (non-hydrogen) atoms. The maximum atomic E-state index is 9.53. The number of imidazole rings is 1. The molecule has 1 aromatic carbocycles. The minimum absolute atomic E-state index is 0.149. The maximum Gasteiger partial charge on any atom is 0.161 e. The van der Waals surface area contributed by atoms with E-state index in [1.807, 2.05) is 16.8 Å². The lowest BCUT2D eigenvalue weighted by molar-refractivity contribution is 0.285. The normalized spacial score (nSPS) is 10.8. The molecule has 0 saturated carbocycles. The number of nitrogens with zero attached hydrogens (tertiary/aromatic N) is 2. The zero-order chi connectivity index (χ0) is 12.3. The van der Waals surface area contributed by atoms with Crippen LogP contribution in [0, 0.1) is 0 Å². The third kappa shape index (κ3) is 2.78. The quantitative estimate of drug-likeness (QED) is 0.881. The number of hydrogen-bond donors (Lipinski definition) is 1. The van der Waals surface area contributed by atoms with Crippen molar-refractivity contribution >= 4 is 0 Å². The first-order valence-corrected chi connectivity index (χ1v) is 5.60. The van der Waals surface area contributed by atoms with Crippen LogP contribution in [0.5, 0.6) is 11.5 Å². The van der Waals surface area contributed by atoms with Crippen LogP contribution in [0.25, 0.3) is 0 Å². The largest absolute Gasteiger partial charge is 0.504 e. The van der Waals surface area contributed by atoms with Crippen molar-refractivity contribution < 1.29 is 9.84 Å². The number of aromatic hydroxyl groups is 1. The third-order valence-corrected chi connectivity index (χ3v) is 2.49. The van der Waals surface area contributed by atoms with Crippen LogP contribution in [-0.4, -0.2) is 14.7 Å². The molecule has 0 aliphatic rings. The number of phenolic OH excluding ortho intramolecular Hbond substituents is 1. The number of phenols is 1. The molecule has 4 heteroatoms. The van der Waals surface area contributed by atoms with E-state index in [0.717, 1.165) is 5.69 Å². The molecule has 1 N–H and O–H groups in total. The van der Waals surface area contributed by atoms with Gasteiger partial charge in [-0.3, -0.25) is 0 Å². The molecule has 0 atom stereocenters. The summed E-state index contributed by atoms with van der Waals surface area (Å²) in [5, 5.41) is 9.53. The molecule has 0 aliphatic carbocycles. The second-order valence-corrected chi connectivity index (χ2v) is 4.16. The third-order valence-electron chi connectivity index (χ3n) is 2.49. The highest BCUT2D eigenvalue weighted by molar-refractivity contribution is 5.37. The molecule has 0 fully saturated rings. The minimum Gasteiger partial charge on any atom is -0.504 e. The standard InChI is InChI=1S/C13H16N2O2/c1-10(2)15-7-11(14-9-15)8-17-13-6-4-3-5-12(13)16/h3-7,9-10,16H,8H2,1-2H3. The summed E-state index contributed by atoms with van der Waals surface area (Å²) in [5.74, 6) is 0.627. The van der Waals surface area contributed by atoms with E-state index in [4.69, 9.17) is 4.74 Å². The Kier molecular flexibility index (Phi) is 3.32. The van der Waals surface area contributed by atoms with Crippen molar-refractivity contribution in [1.29, 1.82) is 0 Å². The fourth-order valence-electron chi connectivity index (χ4n) is 1.47. The Balaban J connectivity index is 2.00. The summed E-state index contributed by atoms with van der Waals surface area (Å²) in [6.07, 6.45) is 3.73. The predicted molar refractivity (Wildman–Crippen MR) is 65.1 cm³/mol. The fourth-order valence-corrected chi connectivity index (χ4v) is 1.47. The second kappa shape index (κ2) is 4.91. The van der Waals surface area contributed by atoms with Gasteiger partial charge >= 0.3 is 0 Å². The fraction of sp³-hybridized carbons (Fsp3) is 0.308. The summed E-state index contributed by atoms with van der Waals surface area (Å²) >= 11 is 0.